The zero-order chi connectivity index (χ0) is 17.4. The van der Waals surface area contributed by atoms with Gasteiger partial charge in [0.25, 0.3) is 5.91 Å². The first-order chi connectivity index (χ1) is 11.6. The molecule has 0 aromatic heterocycles. The lowest BCUT2D eigenvalue weighted by molar-refractivity contribution is 0.0706. The van der Waals surface area contributed by atoms with E-state index in [0.717, 1.165) is 18.9 Å². The van der Waals surface area contributed by atoms with E-state index < -0.39 is 11.7 Å². The molecule has 5 heteroatoms. The molecule has 0 saturated carbocycles. The summed E-state index contributed by atoms with van der Waals surface area (Å²) >= 11 is 0. The van der Waals surface area contributed by atoms with Crippen LogP contribution in [-0.4, -0.2) is 11.1 Å². The molecule has 0 aliphatic heterocycles. The molecule has 0 bridgehead atoms. The fourth-order valence-electron chi connectivity index (χ4n) is 2.40. The minimum atomic E-state index is -0.770. The molecule has 0 atom stereocenters. The maximum atomic E-state index is 14.0. The van der Waals surface area contributed by atoms with E-state index in [1.165, 1.54) is 42.4 Å². The normalized spacial score (nSPS) is 10.5. The van der Waals surface area contributed by atoms with E-state index >= 15 is 0 Å². The lowest BCUT2D eigenvalue weighted by Crippen LogP contribution is -2.18. The summed E-state index contributed by atoms with van der Waals surface area (Å²) in [7, 11) is 0. The summed E-state index contributed by atoms with van der Waals surface area (Å²) in [5.41, 5.74) is 2.71. The molecular formula is C19H22FNO3. The van der Waals surface area contributed by atoms with Gasteiger partial charge in [-0.3, -0.25) is 10.0 Å². The summed E-state index contributed by atoms with van der Waals surface area (Å²) in [6, 6.07) is 11.3. The molecule has 2 aromatic carbocycles. The van der Waals surface area contributed by atoms with Gasteiger partial charge in [-0.15, -0.1) is 0 Å². The number of hydrogen-bond donors (Lipinski definition) is 2. The Morgan fingerprint density at radius 3 is 2.50 bits per heavy atom. The van der Waals surface area contributed by atoms with Gasteiger partial charge < -0.3 is 4.74 Å². The number of unbranched alkanes of at least 4 members (excludes halogenated alkanes) is 3. The first-order valence-corrected chi connectivity index (χ1v) is 8.15. The highest BCUT2D eigenvalue weighted by Crippen LogP contribution is 2.25. The van der Waals surface area contributed by atoms with Crippen LogP contribution >= 0.6 is 0 Å². The molecule has 0 aliphatic rings. The number of nitrogens with one attached hydrogen (secondary N) is 1. The number of carbonyl (C=O) groups excluding carboxylic acids is 1. The van der Waals surface area contributed by atoms with Crippen LogP contribution in [0.25, 0.3) is 0 Å². The van der Waals surface area contributed by atoms with Crippen molar-refractivity contribution in [3.05, 3.63) is 59.4 Å². The molecule has 2 aromatic rings. The van der Waals surface area contributed by atoms with E-state index in [2.05, 4.69) is 6.92 Å². The molecule has 0 saturated heterocycles. The minimum absolute atomic E-state index is 0.0183. The van der Waals surface area contributed by atoms with E-state index in [4.69, 9.17) is 9.94 Å². The van der Waals surface area contributed by atoms with Crippen LogP contribution < -0.4 is 10.2 Å². The van der Waals surface area contributed by atoms with Gasteiger partial charge in [0.2, 0.25) is 0 Å². The average molecular weight is 331 g/mol. The number of ether oxygens (including phenoxy) is 1. The molecule has 1 amide bonds. The Morgan fingerprint density at radius 1 is 1.12 bits per heavy atom. The molecule has 0 unspecified atom stereocenters. The highest BCUT2D eigenvalue weighted by molar-refractivity contribution is 5.93. The number of rotatable bonds is 8. The number of amides is 1. The maximum absolute atomic E-state index is 14.0. The summed E-state index contributed by atoms with van der Waals surface area (Å²) in [5, 5.41) is 8.55. The fraction of sp³-hybridized carbons (Fsp3) is 0.316. The standard InChI is InChI=1S/C19H22FNO3/c1-2-3-4-5-6-14-7-10-16(11-8-14)24-18-12-9-15(13-17(18)20)19(22)21-23/h7-13,23H,2-6H2,1H3,(H,21,22). The van der Waals surface area contributed by atoms with Crippen LogP contribution in [0.1, 0.15) is 48.5 Å². The van der Waals surface area contributed by atoms with E-state index in [9.17, 15) is 9.18 Å². The third kappa shape index (κ3) is 5.06. The lowest BCUT2D eigenvalue weighted by atomic mass is 10.1. The van der Waals surface area contributed by atoms with Gasteiger partial charge >= 0.3 is 0 Å². The molecule has 4 nitrogen and oxygen atoms in total. The Morgan fingerprint density at radius 2 is 1.88 bits per heavy atom. The van der Waals surface area contributed by atoms with Gasteiger partial charge in [0.15, 0.2) is 11.6 Å². The minimum Gasteiger partial charge on any atom is -0.454 e. The lowest BCUT2D eigenvalue weighted by Gasteiger charge is -2.09. The predicted octanol–water partition coefficient (Wildman–Crippen LogP) is 4.86. The molecule has 128 valence electrons. The molecule has 0 heterocycles. The van der Waals surface area contributed by atoms with Crippen molar-refractivity contribution in [2.75, 3.05) is 0 Å². The third-order valence-electron chi connectivity index (χ3n) is 3.77. The van der Waals surface area contributed by atoms with Gasteiger partial charge in [-0.1, -0.05) is 38.3 Å². The van der Waals surface area contributed by atoms with Crippen molar-refractivity contribution in [1.82, 2.24) is 5.48 Å². The molecule has 0 aliphatic carbocycles. The van der Waals surface area contributed by atoms with Gasteiger partial charge in [0.1, 0.15) is 5.75 Å². The molecule has 2 rings (SSSR count). The highest BCUT2D eigenvalue weighted by Gasteiger charge is 2.10. The van der Waals surface area contributed by atoms with Gasteiger partial charge in [-0.05, 0) is 48.7 Å². The SMILES string of the molecule is CCCCCCc1ccc(Oc2ccc(C(=O)NO)cc2F)cc1. The summed E-state index contributed by atoms with van der Waals surface area (Å²) in [6.45, 7) is 2.19. The molecular weight excluding hydrogens is 309 g/mol. The van der Waals surface area contributed by atoms with Crippen LogP contribution in [0.2, 0.25) is 0 Å². The number of hydroxylamine groups is 1. The van der Waals surface area contributed by atoms with Crippen LogP contribution in [0.3, 0.4) is 0 Å². The van der Waals surface area contributed by atoms with E-state index in [-0.39, 0.29) is 11.3 Å². The van der Waals surface area contributed by atoms with Crippen molar-refractivity contribution in [3.63, 3.8) is 0 Å². The van der Waals surface area contributed by atoms with Crippen molar-refractivity contribution < 1.29 is 19.1 Å². The van der Waals surface area contributed by atoms with E-state index in [1.807, 2.05) is 24.3 Å². The molecule has 0 spiro atoms. The highest BCUT2D eigenvalue weighted by atomic mass is 19.1. The Hall–Kier alpha value is -2.40. The Kier molecular flexibility index (Phi) is 6.75. The van der Waals surface area contributed by atoms with Gasteiger partial charge in [-0.2, -0.15) is 0 Å². The van der Waals surface area contributed by atoms with Gasteiger partial charge in [0, 0.05) is 5.56 Å². The number of halogens is 1. The van der Waals surface area contributed by atoms with Gasteiger partial charge in [0.05, 0.1) is 0 Å². The molecule has 0 radical (unpaired) electrons. The number of benzene rings is 2. The second-order valence-electron chi connectivity index (χ2n) is 5.64. The van der Waals surface area contributed by atoms with Gasteiger partial charge in [-0.25, -0.2) is 9.87 Å². The largest absolute Gasteiger partial charge is 0.454 e. The average Bonchev–Trinajstić information content (AvgIpc) is 2.61. The van der Waals surface area contributed by atoms with E-state index in [0.29, 0.717) is 5.75 Å². The second kappa shape index (κ2) is 9.03. The Balaban J connectivity index is 1.97. The Bertz CT molecular complexity index is 671. The smallest absolute Gasteiger partial charge is 0.274 e. The summed E-state index contributed by atoms with van der Waals surface area (Å²) in [4.78, 5) is 11.2. The summed E-state index contributed by atoms with van der Waals surface area (Å²) in [5.74, 6) is -0.877. The van der Waals surface area contributed by atoms with Crippen molar-refractivity contribution in [1.29, 1.82) is 0 Å². The van der Waals surface area contributed by atoms with Crippen molar-refractivity contribution in [2.45, 2.75) is 39.0 Å². The monoisotopic (exact) mass is 331 g/mol. The number of aryl methyl sites for hydroxylation is 1. The quantitative estimate of drug-likeness (QED) is 0.412. The predicted molar refractivity (Wildman–Crippen MR) is 90.0 cm³/mol. The number of carbonyl (C=O) groups is 1. The maximum Gasteiger partial charge on any atom is 0.274 e. The van der Waals surface area contributed by atoms with Crippen molar-refractivity contribution in [2.24, 2.45) is 0 Å². The zero-order valence-corrected chi connectivity index (χ0v) is 13.7. The summed E-state index contributed by atoms with van der Waals surface area (Å²) < 4.78 is 19.5. The van der Waals surface area contributed by atoms with Crippen molar-refractivity contribution in [3.8, 4) is 11.5 Å². The van der Waals surface area contributed by atoms with Crippen LogP contribution in [0, 0.1) is 5.82 Å². The van der Waals surface area contributed by atoms with Crippen molar-refractivity contribution >= 4 is 5.91 Å². The van der Waals surface area contributed by atoms with E-state index in [1.54, 1.807) is 0 Å². The first-order valence-electron chi connectivity index (χ1n) is 8.15. The molecule has 24 heavy (non-hydrogen) atoms. The molecule has 2 N–H and O–H groups in total. The Labute approximate surface area is 141 Å². The first kappa shape index (κ1) is 17.9. The van der Waals surface area contributed by atoms with Crippen LogP contribution in [0.15, 0.2) is 42.5 Å². The third-order valence-corrected chi connectivity index (χ3v) is 3.77. The number of hydrogen-bond acceptors (Lipinski definition) is 3. The fourth-order valence-corrected chi connectivity index (χ4v) is 2.40. The zero-order valence-electron chi connectivity index (χ0n) is 13.7. The van der Waals surface area contributed by atoms with Crippen LogP contribution in [0.4, 0.5) is 4.39 Å². The van der Waals surface area contributed by atoms with Crippen LogP contribution in [-0.2, 0) is 6.42 Å². The second-order valence-corrected chi connectivity index (χ2v) is 5.64. The summed E-state index contributed by atoms with van der Waals surface area (Å²) in [6.07, 6.45) is 5.90. The van der Waals surface area contributed by atoms with Crippen LogP contribution in [0.5, 0.6) is 11.5 Å². The topological polar surface area (TPSA) is 58.6 Å². The molecule has 0 fully saturated rings.